The fraction of sp³-hybridized carbons (Fsp3) is 0.857. The molecule has 1 aliphatic rings. The van der Waals surface area contributed by atoms with Gasteiger partial charge in [0.25, 0.3) is 0 Å². The van der Waals surface area contributed by atoms with E-state index in [1.807, 2.05) is 14.1 Å². The van der Waals surface area contributed by atoms with E-state index in [0.717, 1.165) is 0 Å². The molecule has 1 saturated carbocycles. The Morgan fingerprint density at radius 2 is 1.60 bits per heavy atom. The summed E-state index contributed by atoms with van der Waals surface area (Å²) in [5.41, 5.74) is 0. The Morgan fingerprint density at radius 3 is 1.90 bits per heavy atom. The molecule has 0 heterocycles. The minimum Gasteiger partial charge on any atom is -0.315 e. The lowest BCUT2D eigenvalue weighted by molar-refractivity contribution is -0.117. The molecule has 0 aromatic heterocycles. The lowest BCUT2D eigenvalue weighted by atomic mass is 10.2. The highest BCUT2D eigenvalue weighted by Crippen LogP contribution is 2.14. The lowest BCUT2D eigenvalue weighted by Gasteiger charge is -2.16. The Balaban J connectivity index is 2.48. The molecule has 3 heteroatoms. The molecule has 0 radical (unpaired) electrons. The zero-order valence-electron chi connectivity index (χ0n) is 6.48. The number of hydrogen-bond donors (Lipinski definition) is 2. The van der Waals surface area contributed by atoms with Crippen LogP contribution in [0.1, 0.15) is 12.8 Å². The third-order valence-electron chi connectivity index (χ3n) is 2.12. The van der Waals surface area contributed by atoms with E-state index in [0.29, 0.717) is 30.7 Å². The topological polar surface area (TPSA) is 41.1 Å². The van der Waals surface area contributed by atoms with Crippen molar-refractivity contribution in [1.82, 2.24) is 10.6 Å². The van der Waals surface area contributed by atoms with Crippen molar-refractivity contribution in [2.75, 3.05) is 14.1 Å². The molecule has 0 bridgehead atoms. The summed E-state index contributed by atoms with van der Waals surface area (Å²) < 4.78 is 0. The van der Waals surface area contributed by atoms with Crippen LogP contribution in [0.15, 0.2) is 0 Å². The predicted octanol–water partition coefficient (Wildman–Crippen LogP) is -0.475. The van der Waals surface area contributed by atoms with Gasteiger partial charge in [-0.1, -0.05) is 0 Å². The summed E-state index contributed by atoms with van der Waals surface area (Å²) >= 11 is 0. The normalized spacial score (nSPS) is 33.2. The summed E-state index contributed by atoms with van der Waals surface area (Å²) in [6, 6.07) is 0.690. The van der Waals surface area contributed by atoms with Crippen molar-refractivity contribution in [3.05, 3.63) is 0 Å². The first kappa shape index (κ1) is 7.69. The van der Waals surface area contributed by atoms with Gasteiger partial charge in [-0.3, -0.25) is 4.79 Å². The van der Waals surface area contributed by atoms with Crippen LogP contribution in [0.5, 0.6) is 0 Å². The average molecular weight is 142 g/mol. The molecule has 0 saturated heterocycles. The minimum absolute atomic E-state index is 0.345. The molecule has 0 spiro atoms. The third-order valence-corrected chi connectivity index (χ3v) is 2.12. The van der Waals surface area contributed by atoms with Crippen LogP contribution in [-0.4, -0.2) is 32.0 Å². The second-order valence-corrected chi connectivity index (χ2v) is 2.74. The molecule has 1 unspecified atom stereocenters. The quantitative estimate of drug-likeness (QED) is 0.547. The summed E-state index contributed by atoms with van der Waals surface area (Å²) in [5, 5.41) is 6.22. The first-order chi connectivity index (χ1) is 4.77. The molecule has 10 heavy (non-hydrogen) atoms. The lowest BCUT2D eigenvalue weighted by Crippen LogP contribution is -2.40. The Bertz CT molecular complexity index is 122. The van der Waals surface area contributed by atoms with Crippen molar-refractivity contribution in [2.45, 2.75) is 24.9 Å². The molecule has 58 valence electrons. The molecule has 1 fully saturated rings. The highest BCUT2D eigenvalue weighted by molar-refractivity contribution is 5.82. The summed E-state index contributed by atoms with van der Waals surface area (Å²) in [6.07, 6.45) is 1.37. The average Bonchev–Trinajstić information content (AvgIpc) is 2.30. The van der Waals surface area contributed by atoms with Crippen LogP contribution in [0.25, 0.3) is 0 Å². The van der Waals surface area contributed by atoms with E-state index >= 15 is 0 Å². The van der Waals surface area contributed by atoms with Crippen LogP contribution in [0.3, 0.4) is 0 Å². The van der Waals surface area contributed by atoms with Gasteiger partial charge in [0, 0.05) is 24.9 Å². The standard InChI is InChI=1S/C7H14N2O/c1-8-6-3-5(10)4-7(6)9-2/h6-9H,3-4H2,1-2H3/t6-,7?/m0/s1. The summed E-state index contributed by atoms with van der Waals surface area (Å²) in [4.78, 5) is 10.9. The Hall–Kier alpha value is -0.410. The summed E-state index contributed by atoms with van der Waals surface area (Å²) in [5.74, 6) is 0.360. The Kier molecular flexibility index (Phi) is 2.40. The molecule has 2 N–H and O–H groups in total. The zero-order valence-corrected chi connectivity index (χ0v) is 6.48. The molecule has 3 nitrogen and oxygen atoms in total. The number of carbonyl (C=O) groups is 1. The smallest absolute Gasteiger partial charge is 0.136 e. The van der Waals surface area contributed by atoms with Crippen LogP contribution in [0, 0.1) is 0 Å². The van der Waals surface area contributed by atoms with Gasteiger partial charge >= 0.3 is 0 Å². The van der Waals surface area contributed by atoms with Gasteiger partial charge < -0.3 is 10.6 Å². The Labute approximate surface area is 61.2 Å². The third kappa shape index (κ3) is 1.36. The molecule has 1 rings (SSSR count). The molecule has 0 aromatic carbocycles. The van der Waals surface area contributed by atoms with Gasteiger partial charge in [-0.15, -0.1) is 0 Å². The monoisotopic (exact) mass is 142 g/mol. The summed E-state index contributed by atoms with van der Waals surface area (Å²) in [7, 11) is 3.79. The first-order valence-electron chi connectivity index (χ1n) is 3.64. The van der Waals surface area contributed by atoms with E-state index in [-0.39, 0.29) is 0 Å². The van der Waals surface area contributed by atoms with Crippen molar-refractivity contribution in [3.8, 4) is 0 Å². The van der Waals surface area contributed by atoms with Crippen LogP contribution in [-0.2, 0) is 4.79 Å². The van der Waals surface area contributed by atoms with Crippen molar-refractivity contribution >= 4 is 5.78 Å². The number of Topliss-reactive ketones (excluding diaryl/α,β-unsaturated/α-hetero) is 1. The van der Waals surface area contributed by atoms with E-state index < -0.39 is 0 Å². The number of hydrogen-bond acceptors (Lipinski definition) is 3. The molecule has 0 aromatic rings. The van der Waals surface area contributed by atoms with Crippen LogP contribution in [0.4, 0.5) is 0 Å². The Morgan fingerprint density at radius 1 is 1.20 bits per heavy atom. The number of nitrogens with one attached hydrogen (secondary N) is 2. The second kappa shape index (κ2) is 3.12. The van der Waals surface area contributed by atoms with Crippen molar-refractivity contribution in [2.24, 2.45) is 0 Å². The highest BCUT2D eigenvalue weighted by atomic mass is 16.1. The van der Waals surface area contributed by atoms with Crippen molar-refractivity contribution < 1.29 is 4.79 Å². The zero-order chi connectivity index (χ0) is 7.56. The van der Waals surface area contributed by atoms with Crippen molar-refractivity contribution in [1.29, 1.82) is 0 Å². The maximum Gasteiger partial charge on any atom is 0.136 e. The SMILES string of the molecule is CNC1CC(=O)C[C@@H]1NC. The highest BCUT2D eigenvalue weighted by Gasteiger charge is 2.30. The molecule has 0 amide bonds. The van der Waals surface area contributed by atoms with E-state index in [1.165, 1.54) is 0 Å². The van der Waals surface area contributed by atoms with Gasteiger partial charge in [0.05, 0.1) is 0 Å². The van der Waals surface area contributed by atoms with E-state index in [1.54, 1.807) is 0 Å². The van der Waals surface area contributed by atoms with Crippen LogP contribution >= 0.6 is 0 Å². The number of ketones is 1. The van der Waals surface area contributed by atoms with Gasteiger partial charge in [-0.25, -0.2) is 0 Å². The number of likely N-dealkylation sites (N-methyl/N-ethyl adjacent to an activating group) is 2. The predicted molar refractivity (Wildman–Crippen MR) is 39.9 cm³/mol. The minimum atomic E-state index is 0.345. The van der Waals surface area contributed by atoms with E-state index in [4.69, 9.17) is 0 Å². The number of carbonyl (C=O) groups excluding carboxylic acids is 1. The fourth-order valence-corrected chi connectivity index (χ4v) is 1.46. The van der Waals surface area contributed by atoms with Crippen molar-refractivity contribution in [3.63, 3.8) is 0 Å². The maximum absolute atomic E-state index is 10.9. The van der Waals surface area contributed by atoms with Gasteiger partial charge in [0.2, 0.25) is 0 Å². The van der Waals surface area contributed by atoms with Gasteiger partial charge in [0.1, 0.15) is 5.78 Å². The van der Waals surface area contributed by atoms with Crippen LogP contribution in [0.2, 0.25) is 0 Å². The fourth-order valence-electron chi connectivity index (χ4n) is 1.46. The van der Waals surface area contributed by atoms with Gasteiger partial charge in [-0.05, 0) is 14.1 Å². The molecule has 0 aliphatic heterocycles. The molecular weight excluding hydrogens is 128 g/mol. The first-order valence-corrected chi connectivity index (χ1v) is 3.64. The number of rotatable bonds is 2. The maximum atomic E-state index is 10.9. The van der Waals surface area contributed by atoms with Gasteiger partial charge in [-0.2, -0.15) is 0 Å². The summed E-state index contributed by atoms with van der Waals surface area (Å²) in [6.45, 7) is 0. The largest absolute Gasteiger partial charge is 0.315 e. The second-order valence-electron chi connectivity index (χ2n) is 2.74. The van der Waals surface area contributed by atoms with E-state index in [2.05, 4.69) is 10.6 Å². The molecule has 2 atom stereocenters. The van der Waals surface area contributed by atoms with Crippen LogP contribution < -0.4 is 10.6 Å². The van der Waals surface area contributed by atoms with E-state index in [9.17, 15) is 4.79 Å². The van der Waals surface area contributed by atoms with Gasteiger partial charge in [0.15, 0.2) is 0 Å². The molecular formula is C7H14N2O. The molecule has 1 aliphatic carbocycles.